The van der Waals surface area contributed by atoms with Crippen LogP contribution < -0.4 is 10.6 Å². The number of hydrogen-bond acceptors (Lipinski definition) is 5. The van der Waals surface area contributed by atoms with Crippen LogP contribution in [0, 0.1) is 11.3 Å². The molecule has 0 saturated heterocycles. The smallest absolute Gasteiger partial charge is 0.269 e. The van der Waals surface area contributed by atoms with Crippen molar-refractivity contribution in [3.05, 3.63) is 45.8 Å². The minimum absolute atomic E-state index is 0.216. The number of pyridine rings is 1. The molecule has 1 amide bonds. The highest BCUT2D eigenvalue weighted by atomic mass is 32.1. The van der Waals surface area contributed by atoms with Crippen molar-refractivity contribution in [3.63, 3.8) is 0 Å². The van der Waals surface area contributed by atoms with Crippen molar-refractivity contribution in [2.75, 3.05) is 12.4 Å². The molecule has 0 bridgehead atoms. The van der Waals surface area contributed by atoms with E-state index >= 15 is 0 Å². The molecule has 0 aliphatic rings. The van der Waals surface area contributed by atoms with Gasteiger partial charge < -0.3 is 10.6 Å². The monoisotopic (exact) mass is 272 g/mol. The van der Waals surface area contributed by atoms with Crippen molar-refractivity contribution in [1.82, 2.24) is 10.3 Å². The lowest BCUT2D eigenvalue weighted by atomic mass is 10.3. The molecule has 5 nitrogen and oxygen atoms in total. The molecule has 0 saturated carbocycles. The summed E-state index contributed by atoms with van der Waals surface area (Å²) >= 11 is 1.44. The molecule has 96 valence electrons. The van der Waals surface area contributed by atoms with Crippen molar-refractivity contribution in [1.29, 1.82) is 5.26 Å². The number of thiophene rings is 1. The number of anilines is 1. The number of amides is 1. The predicted octanol–water partition coefficient (Wildman–Crippen LogP) is 1.99. The quantitative estimate of drug-likeness (QED) is 0.892. The van der Waals surface area contributed by atoms with Crippen LogP contribution in [-0.2, 0) is 6.54 Å². The van der Waals surface area contributed by atoms with Crippen LogP contribution >= 0.6 is 11.3 Å². The van der Waals surface area contributed by atoms with E-state index < -0.39 is 0 Å². The van der Waals surface area contributed by atoms with Gasteiger partial charge in [-0.05, 0) is 24.3 Å². The molecule has 0 fully saturated rings. The normalized spacial score (nSPS) is 9.68. The van der Waals surface area contributed by atoms with E-state index in [-0.39, 0.29) is 5.91 Å². The fourth-order valence-corrected chi connectivity index (χ4v) is 2.24. The Balaban J connectivity index is 2.03. The zero-order valence-electron chi connectivity index (χ0n) is 10.3. The Morgan fingerprint density at radius 2 is 2.26 bits per heavy atom. The SMILES string of the molecule is CNC(=O)c1cccc(NCc2ccc(C#N)s2)n1. The molecule has 6 heteroatoms. The summed E-state index contributed by atoms with van der Waals surface area (Å²) in [4.78, 5) is 17.4. The summed E-state index contributed by atoms with van der Waals surface area (Å²) in [5.41, 5.74) is 0.372. The molecule has 0 aliphatic carbocycles. The Kier molecular flexibility index (Phi) is 4.11. The number of nitrogens with zero attached hydrogens (tertiary/aromatic N) is 2. The van der Waals surface area contributed by atoms with Crippen LogP contribution in [0.5, 0.6) is 0 Å². The van der Waals surface area contributed by atoms with Gasteiger partial charge in [0.25, 0.3) is 5.91 Å². The second kappa shape index (κ2) is 5.98. The number of aromatic nitrogens is 1. The van der Waals surface area contributed by atoms with Crippen LogP contribution in [0.4, 0.5) is 5.82 Å². The van der Waals surface area contributed by atoms with Crippen LogP contribution in [0.3, 0.4) is 0 Å². The fourth-order valence-electron chi connectivity index (χ4n) is 1.50. The zero-order valence-corrected chi connectivity index (χ0v) is 11.1. The van der Waals surface area contributed by atoms with Crippen LogP contribution in [0.15, 0.2) is 30.3 Å². The maximum Gasteiger partial charge on any atom is 0.269 e. The molecule has 0 atom stereocenters. The van der Waals surface area contributed by atoms with Crippen LogP contribution in [0.25, 0.3) is 0 Å². The largest absolute Gasteiger partial charge is 0.365 e. The lowest BCUT2D eigenvalue weighted by Crippen LogP contribution is -2.19. The molecule has 2 rings (SSSR count). The summed E-state index contributed by atoms with van der Waals surface area (Å²) in [6.07, 6.45) is 0. The zero-order chi connectivity index (χ0) is 13.7. The summed E-state index contributed by atoms with van der Waals surface area (Å²) in [5.74, 6) is 0.416. The number of hydrogen-bond donors (Lipinski definition) is 2. The number of carbonyl (C=O) groups excluding carboxylic acids is 1. The van der Waals surface area contributed by atoms with E-state index in [0.717, 1.165) is 4.88 Å². The Labute approximate surface area is 114 Å². The molecule has 19 heavy (non-hydrogen) atoms. The molecular formula is C13H12N4OS. The topological polar surface area (TPSA) is 77.8 Å². The summed E-state index contributed by atoms with van der Waals surface area (Å²) in [6, 6.07) is 11.0. The molecule has 2 N–H and O–H groups in total. The molecule has 0 radical (unpaired) electrons. The van der Waals surface area contributed by atoms with Crippen LogP contribution in [-0.4, -0.2) is 17.9 Å². The van der Waals surface area contributed by atoms with Gasteiger partial charge in [0.05, 0.1) is 6.54 Å². The highest BCUT2D eigenvalue weighted by Gasteiger charge is 2.05. The van der Waals surface area contributed by atoms with Crippen molar-refractivity contribution >= 4 is 23.1 Å². The molecule has 2 aromatic heterocycles. The predicted molar refractivity (Wildman–Crippen MR) is 74.0 cm³/mol. The minimum Gasteiger partial charge on any atom is -0.365 e. The van der Waals surface area contributed by atoms with Gasteiger partial charge in [0.2, 0.25) is 0 Å². The van der Waals surface area contributed by atoms with E-state index in [1.807, 2.05) is 6.07 Å². The first-order chi connectivity index (χ1) is 9.22. The van der Waals surface area contributed by atoms with Crippen LogP contribution in [0.2, 0.25) is 0 Å². The van der Waals surface area contributed by atoms with E-state index in [4.69, 9.17) is 5.26 Å². The van der Waals surface area contributed by atoms with Crippen LogP contribution in [0.1, 0.15) is 20.2 Å². The minimum atomic E-state index is -0.216. The molecule has 0 aromatic carbocycles. The summed E-state index contributed by atoms with van der Waals surface area (Å²) in [6.45, 7) is 0.580. The van der Waals surface area contributed by atoms with E-state index in [9.17, 15) is 4.79 Å². The molecule has 0 aliphatic heterocycles. The van der Waals surface area contributed by atoms with Gasteiger partial charge >= 0.3 is 0 Å². The average Bonchev–Trinajstić information content (AvgIpc) is 2.92. The van der Waals surface area contributed by atoms with Gasteiger partial charge in [0.15, 0.2) is 0 Å². The molecule has 0 spiro atoms. The van der Waals surface area contributed by atoms with E-state index in [1.54, 1.807) is 31.3 Å². The Morgan fingerprint density at radius 1 is 1.42 bits per heavy atom. The fraction of sp³-hybridized carbons (Fsp3) is 0.154. The third-order valence-electron chi connectivity index (χ3n) is 2.42. The first-order valence-electron chi connectivity index (χ1n) is 5.65. The van der Waals surface area contributed by atoms with Gasteiger partial charge in [0, 0.05) is 11.9 Å². The lowest BCUT2D eigenvalue weighted by molar-refractivity contribution is 0.0958. The highest BCUT2D eigenvalue weighted by Crippen LogP contribution is 2.16. The number of nitriles is 1. The van der Waals surface area contributed by atoms with E-state index in [0.29, 0.717) is 22.9 Å². The molecule has 2 aromatic rings. The van der Waals surface area contributed by atoms with Crippen molar-refractivity contribution in [2.24, 2.45) is 0 Å². The Bertz CT molecular complexity index is 630. The third kappa shape index (κ3) is 3.30. The second-order valence-electron chi connectivity index (χ2n) is 3.72. The summed E-state index contributed by atoms with van der Waals surface area (Å²) < 4.78 is 0. The maximum atomic E-state index is 11.4. The Hall–Kier alpha value is -2.39. The van der Waals surface area contributed by atoms with Gasteiger partial charge in [-0.2, -0.15) is 5.26 Å². The first-order valence-corrected chi connectivity index (χ1v) is 6.46. The van der Waals surface area contributed by atoms with Crippen molar-refractivity contribution in [2.45, 2.75) is 6.54 Å². The van der Waals surface area contributed by atoms with Gasteiger partial charge in [-0.15, -0.1) is 11.3 Å². The molecule has 0 unspecified atom stereocenters. The molecular weight excluding hydrogens is 260 g/mol. The lowest BCUT2D eigenvalue weighted by Gasteiger charge is -2.05. The first kappa shape index (κ1) is 13.1. The number of carbonyl (C=O) groups is 1. The second-order valence-corrected chi connectivity index (χ2v) is 4.89. The average molecular weight is 272 g/mol. The number of rotatable bonds is 4. The van der Waals surface area contributed by atoms with Gasteiger partial charge in [-0.25, -0.2) is 4.98 Å². The number of nitrogens with one attached hydrogen (secondary N) is 2. The standard InChI is InChI=1S/C13H12N4OS/c1-15-13(18)11-3-2-4-12(17-11)16-8-10-6-5-9(7-14)19-10/h2-6H,8H2,1H3,(H,15,18)(H,16,17). The Morgan fingerprint density at radius 3 is 2.95 bits per heavy atom. The third-order valence-corrected chi connectivity index (χ3v) is 3.41. The van der Waals surface area contributed by atoms with Gasteiger partial charge in [-0.3, -0.25) is 4.79 Å². The summed E-state index contributed by atoms with van der Waals surface area (Å²) in [7, 11) is 1.57. The maximum absolute atomic E-state index is 11.4. The van der Waals surface area contributed by atoms with E-state index in [2.05, 4.69) is 21.7 Å². The van der Waals surface area contributed by atoms with Crippen molar-refractivity contribution < 1.29 is 4.79 Å². The highest BCUT2D eigenvalue weighted by molar-refractivity contribution is 7.12. The summed E-state index contributed by atoms with van der Waals surface area (Å²) in [5, 5.41) is 14.4. The van der Waals surface area contributed by atoms with Gasteiger partial charge in [0.1, 0.15) is 22.5 Å². The molecule has 2 heterocycles. The van der Waals surface area contributed by atoms with Gasteiger partial charge in [-0.1, -0.05) is 6.07 Å². The van der Waals surface area contributed by atoms with Crippen molar-refractivity contribution in [3.8, 4) is 6.07 Å². The van der Waals surface area contributed by atoms with E-state index in [1.165, 1.54) is 11.3 Å².